The van der Waals surface area contributed by atoms with Crippen LogP contribution < -0.4 is 9.47 Å². The van der Waals surface area contributed by atoms with Gasteiger partial charge in [0.2, 0.25) is 5.90 Å². The van der Waals surface area contributed by atoms with Crippen molar-refractivity contribution in [3.8, 4) is 11.5 Å². The quantitative estimate of drug-likeness (QED) is 0.360. The molecule has 0 aromatic heterocycles. The largest absolute Gasteiger partial charge is 0.490 e. The number of aliphatic imine (C=N–C) groups is 1. The number of benzene rings is 2. The molecule has 1 heterocycles. The van der Waals surface area contributed by atoms with Gasteiger partial charge < -0.3 is 14.2 Å². The number of ether oxygens (including phenoxy) is 3. The van der Waals surface area contributed by atoms with E-state index in [1.54, 1.807) is 18.2 Å². The zero-order chi connectivity index (χ0) is 21.0. The highest BCUT2D eigenvalue weighted by molar-refractivity contribution is 9.10. The van der Waals surface area contributed by atoms with E-state index in [2.05, 4.69) is 20.9 Å². The molecule has 2 aromatic carbocycles. The molecule has 0 radical (unpaired) electrons. The number of rotatable bonds is 7. The van der Waals surface area contributed by atoms with Gasteiger partial charge in [-0.05, 0) is 68.3 Å². The molecule has 2 aromatic rings. The predicted octanol–water partition coefficient (Wildman–Crippen LogP) is 6.02. The van der Waals surface area contributed by atoms with Crippen LogP contribution in [0.1, 0.15) is 38.3 Å². The van der Waals surface area contributed by atoms with Crippen molar-refractivity contribution in [2.75, 3.05) is 6.61 Å². The number of esters is 1. The van der Waals surface area contributed by atoms with Crippen LogP contribution in [0.4, 0.5) is 0 Å². The third kappa shape index (κ3) is 5.19. The Morgan fingerprint density at radius 2 is 1.97 bits per heavy atom. The minimum Gasteiger partial charge on any atom is -0.490 e. The lowest BCUT2D eigenvalue weighted by Crippen LogP contribution is -2.11. The summed E-state index contributed by atoms with van der Waals surface area (Å²) >= 11 is 9.82. The fourth-order valence-electron chi connectivity index (χ4n) is 2.62. The normalized spacial score (nSPS) is 15.8. The Balaban J connectivity index is 1.94. The molecule has 1 aliphatic rings. The molecule has 5 nitrogen and oxygen atoms in total. The second kappa shape index (κ2) is 9.46. The van der Waals surface area contributed by atoms with Gasteiger partial charge in [0, 0.05) is 10.0 Å². The number of hydrogen-bond acceptors (Lipinski definition) is 5. The van der Waals surface area contributed by atoms with Crippen LogP contribution in [0, 0.1) is 0 Å². The van der Waals surface area contributed by atoms with Gasteiger partial charge in [0.15, 0.2) is 17.2 Å². The lowest BCUT2D eigenvalue weighted by atomic mass is 10.1. The molecular formula is C22H21BrClNO4. The molecule has 0 saturated heterocycles. The van der Waals surface area contributed by atoms with E-state index in [9.17, 15) is 4.79 Å². The molecule has 7 heteroatoms. The van der Waals surface area contributed by atoms with Crippen molar-refractivity contribution >= 4 is 45.5 Å². The second-order valence-electron chi connectivity index (χ2n) is 6.44. The Hall–Kier alpha value is -2.31. The van der Waals surface area contributed by atoms with Crippen molar-refractivity contribution in [3.05, 3.63) is 62.7 Å². The number of hydrogen-bond donors (Lipinski definition) is 0. The average Bonchev–Trinajstić information content (AvgIpc) is 3.05. The topological polar surface area (TPSA) is 57.1 Å². The fraction of sp³-hybridized carbons (Fsp3) is 0.273. The highest BCUT2D eigenvalue weighted by Gasteiger charge is 2.24. The van der Waals surface area contributed by atoms with E-state index < -0.39 is 5.97 Å². The van der Waals surface area contributed by atoms with Crippen molar-refractivity contribution in [3.63, 3.8) is 0 Å². The number of carbonyl (C=O) groups is 1. The van der Waals surface area contributed by atoms with Gasteiger partial charge in [0.25, 0.3) is 0 Å². The van der Waals surface area contributed by atoms with Crippen molar-refractivity contribution in [1.29, 1.82) is 0 Å². The van der Waals surface area contributed by atoms with E-state index in [-0.39, 0.29) is 17.7 Å². The molecule has 0 saturated carbocycles. The smallest absolute Gasteiger partial charge is 0.363 e. The maximum atomic E-state index is 12.3. The van der Waals surface area contributed by atoms with Crippen LogP contribution in [-0.2, 0) is 9.53 Å². The van der Waals surface area contributed by atoms with E-state index in [1.165, 1.54) is 0 Å². The zero-order valence-corrected chi connectivity index (χ0v) is 18.7. The Bertz CT molecular complexity index is 970. The van der Waals surface area contributed by atoms with Crippen LogP contribution >= 0.6 is 27.5 Å². The minimum atomic E-state index is -0.517. The van der Waals surface area contributed by atoms with Crippen molar-refractivity contribution < 1.29 is 19.0 Å². The number of nitrogens with zero attached hydrogens (tertiary/aromatic N) is 1. The summed E-state index contributed by atoms with van der Waals surface area (Å²) in [6, 6.07) is 10.9. The summed E-state index contributed by atoms with van der Waals surface area (Å²) in [6.07, 6.45) is 2.46. The summed E-state index contributed by atoms with van der Waals surface area (Å²) in [5, 5.41) is 0.409. The van der Waals surface area contributed by atoms with Gasteiger partial charge in [-0.1, -0.05) is 34.5 Å². The summed E-state index contributed by atoms with van der Waals surface area (Å²) in [4.78, 5) is 16.6. The van der Waals surface area contributed by atoms with Gasteiger partial charge in [-0.15, -0.1) is 0 Å². The first kappa shape index (κ1) is 21.4. The van der Waals surface area contributed by atoms with Crippen molar-refractivity contribution in [2.45, 2.75) is 33.3 Å². The highest BCUT2D eigenvalue weighted by Crippen LogP contribution is 2.38. The lowest BCUT2D eigenvalue weighted by Gasteiger charge is -2.18. The summed E-state index contributed by atoms with van der Waals surface area (Å²) in [5.41, 5.74) is 1.58. The first-order valence-electron chi connectivity index (χ1n) is 9.32. The first-order chi connectivity index (χ1) is 13.9. The molecule has 1 unspecified atom stereocenters. The number of carbonyl (C=O) groups excluding carboxylic acids is 1. The van der Waals surface area contributed by atoms with Crippen LogP contribution in [0.2, 0.25) is 5.02 Å². The Kier molecular flexibility index (Phi) is 6.98. The molecule has 0 N–H and O–H groups in total. The van der Waals surface area contributed by atoms with Crippen LogP contribution in [0.3, 0.4) is 0 Å². The van der Waals surface area contributed by atoms with E-state index >= 15 is 0 Å². The molecule has 152 valence electrons. The predicted molar refractivity (Wildman–Crippen MR) is 118 cm³/mol. The van der Waals surface area contributed by atoms with E-state index in [0.29, 0.717) is 28.7 Å². The SMILES string of the molecule is CCOc1cc(/C=C2\N=C(c3ccc(Br)cc3)OC2=O)cc(Cl)c1OC(C)CC. The third-order valence-electron chi connectivity index (χ3n) is 4.24. The highest BCUT2D eigenvalue weighted by atomic mass is 79.9. The minimum absolute atomic E-state index is 0.00112. The lowest BCUT2D eigenvalue weighted by molar-refractivity contribution is -0.129. The van der Waals surface area contributed by atoms with Gasteiger partial charge in [-0.3, -0.25) is 0 Å². The van der Waals surface area contributed by atoms with Gasteiger partial charge in [-0.2, -0.15) is 0 Å². The molecule has 0 fully saturated rings. The Labute approximate surface area is 183 Å². The van der Waals surface area contributed by atoms with E-state index in [0.717, 1.165) is 16.5 Å². The molecule has 1 atom stereocenters. The summed E-state index contributed by atoms with van der Waals surface area (Å²) < 4.78 is 17.8. The van der Waals surface area contributed by atoms with Crippen molar-refractivity contribution in [2.24, 2.45) is 4.99 Å². The summed E-state index contributed by atoms with van der Waals surface area (Å²) in [6.45, 7) is 6.34. The molecule has 0 spiro atoms. The molecular weight excluding hydrogens is 458 g/mol. The molecule has 0 amide bonds. The monoisotopic (exact) mass is 477 g/mol. The zero-order valence-electron chi connectivity index (χ0n) is 16.4. The fourth-order valence-corrected chi connectivity index (χ4v) is 3.14. The summed E-state index contributed by atoms with van der Waals surface area (Å²) in [7, 11) is 0. The maximum absolute atomic E-state index is 12.3. The third-order valence-corrected chi connectivity index (χ3v) is 5.05. The number of halogens is 2. The number of cyclic esters (lactones) is 1. The maximum Gasteiger partial charge on any atom is 0.363 e. The second-order valence-corrected chi connectivity index (χ2v) is 7.77. The van der Waals surface area contributed by atoms with Crippen molar-refractivity contribution in [1.82, 2.24) is 0 Å². The Morgan fingerprint density at radius 1 is 1.24 bits per heavy atom. The molecule has 3 rings (SSSR count). The van der Waals surface area contributed by atoms with Crippen LogP contribution in [-0.4, -0.2) is 24.6 Å². The van der Waals surface area contributed by atoms with Gasteiger partial charge >= 0.3 is 5.97 Å². The van der Waals surface area contributed by atoms with Crippen LogP contribution in [0.25, 0.3) is 6.08 Å². The van der Waals surface area contributed by atoms with Gasteiger partial charge in [0.1, 0.15) is 0 Å². The molecule has 29 heavy (non-hydrogen) atoms. The molecule has 1 aliphatic heterocycles. The van der Waals surface area contributed by atoms with E-state index in [1.807, 2.05) is 45.0 Å². The van der Waals surface area contributed by atoms with Crippen LogP contribution in [0.15, 0.2) is 51.6 Å². The summed E-state index contributed by atoms with van der Waals surface area (Å²) in [5.74, 6) is 0.771. The Morgan fingerprint density at radius 3 is 2.62 bits per heavy atom. The van der Waals surface area contributed by atoms with Gasteiger partial charge in [-0.25, -0.2) is 9.79 Å². The van der Waals surface area contributed by atoms with E-state index in [4.69, 9.17) is 25.8 Å². The molecule has 0 bridgehead atoms. The van der Waals surface area contributed by atoms with Crippen LogP contribution in [0.5, 0.6) is 11.5 Å². The average molecular weight is 479 g/mol. The first-order valence-corrected chi connectivity index (χ1v) is 10.5. The van der Waals surface area contributed by atoms with Gasteiger partial charge in [0.05, 0.1) is 17.7 Å². The standard InChI is InChI=1S/C22H21BrClNO4/c1-4-13(3)28-20-17(24)10-14(12-19(20)27-5-2)11-18-22(26)29-21(25-18)15-6-8-16(23)9-7-15/h6-13H,4-5H2,1-3H3/b18-11-. The molecule has 0 aliphatic carbocycles.